The highest BCUT2D eigenvalue weighted by Gasteiger charge is 2.16. The summed E-state index contributed by atoms with van der Waals surface area (Å²) in [6.07, 6.45) is 0. The molecule has 0 fully saturated rings. The Morgan fingerprint density at radius 1 is 1.09 bits per heavy atom. The molecule has 23 heavy (non-hydrogen) atoms. The third kappa shape index (κ3) is 4.32. The number of para-hydroxylation sites is 1. The van der Waals surface area contributed by atoms with E-state index in [4.69, 9.17) is 4.74 Å². The van der Waals surface area contributed by atoms with Crippen molar-refractivity contribution in [2.24, 2.45) is 0 Å². The third-order valence-corrected chi connectivity index (χ3v) is 3.37. The van der Waals surface area contributed by atoms with Gasteiger partial charge in [0.1, 0.15) is 23.1 Å². The lowest BCUT2D eigenvalue weighted by Gasteiger charge is -2.09. The number of carbonyl (C=O) groups is 2. The van der Waals surface area contributed by atoms with Crippen molar-refractivity contribution in [1.82, 2.24) is 0 Å². The van der Waals surface area contributed by atoms with E-state index < -0.39 is 41.6 Å². The van der Waals surface area contributed by atoms with E-state index in [2.05, 4.69) is 15.9 Å². The molecule has 0 heterocycles. The largest absolute Gasteiger partial charge is 0.452 e. The molecule has 4 nitrogen and oxygen atoms in total. The van der Waals surface area contributed by atoms with Gasteiger partial charge >= 0.3 is 5.97 Å². The molecule has 1 N–H and O–H groups in total. The maximum Gasteiger partial charge on any atom is 0.339 e. The minimum Gasteiger partial charge on any atom is -0.452 e. The Kier molecular flexibility index (Phi) is 5.38. The van der Waals surface area contributed by atoms with E-state index >= 15 is 0 Å². The van der Waals surface area contributed by atoms with Crippen molar-refractivity contribution >= 4 is 33.5 Å². The van der Waals surface area contributed by atoms with Crippen LogP contribution in [0, 0.1) is 17.5 Å². The molecule has 0 spiro atoms. The fourth-order valence-corrected chi connectivity index (χ4v) is 2.17. The first-order valence-corrected chi connectivity index (χ1v) is 7.04. The number of amides is 1. The fourth-order valence-electron chi connectivity index (χ4n) is 1.66. The van der Waals surface area contributed by atoms with Crippen LogP contribution in [0.3, 0.4) is 0 Å². The van der Waals surface area contributed by atoms with Crippen molar-refractivity contribution in [2.45, 2.75) is 0 Å². The minimum atomic E-state index is -0.953. The van der Waals surface area contributed by atoms with Gasteiger partial charge in [0.25, 0.3) is 5.91 Å². The molecule has 0 bridgehead atoms. The minimum absolute atomic E-state index is 0.0104. The molecule has 0 aliphatic rings. The Hall–Kier alpha value is -2.35. The summed E-state index contributed by atoms with van der Waals surface area (Å²) in [7, 11) is 0. The second-order valence-corrected chi connectivity index (χ2v) is 5.20. The van der Waals surface area contributed by atoms with Crippen LogP contribution in [0.5, 0.6) is 0 Å². The van der Waals surface area contributed by atoms with Gasteiger partial charge < -0.3 is 10.1 Å². The molecular formula is C15H9BrF3NO3. The maximum atomic E-state index is 13.4. The predicted octanol–water partition coefficient (Wildman–Crippen LogP) is 3.66. The monoisotopic (exact) mass is 387 g/mol. The number of hydrogen-bond acceptors (Lipinski definition) is 3. The van der Waals surface area contributed by atoms with Crippen LogP contribution in [0.4, 0.5) is 18.9 Å². The van der Waals surface area contributed by atoms with E-state index in [9.17, 15) is 22.8 Å². The molecule has 0 unspecified atom stereocenters. The lowest BCUT2D eigenvalue weighted by Crippen LogP contribution is -2.22. The highest BCUT2D eigenvalue weighted by atomic mass is 79.9. The molecule has 8 heteroatoms. The topological polar surface area (TPSA) is 55.4 Å². The second-order valence-electron chi connectivity index (χ2n) is 4.35. The average Bonchev–Trinajstić information content (AvgIpc) is 2.49. The van der Waals surface area contributed by atoms with E-state index in [1.165, 1.54) is 6.07 Å². The van der Waals surface area contributed by atoms with Crippen LogP contribution in [-0.4, -0.2) is 18.5 Å². The molecule has 0 aromatic heterocycles. The number of rotatable bonds is 4. The van der Waals surface area contributed by atoms with E-state index in [0.29, 0.717) is 0 Å². The summed E-state index contributed by atoms with van der Waals surface area (Å²) < 4.78 is 44.5. The van der Waals surface area contributed by atoms with E-state index in [1.807, 2.05) is 5.32 Å². The van der Waals surface area contributed by atoms with Crippen molar-refractivity contribution in [1.29, 1.82) is 0 Å². The number of ether oxygens (including phenoxy) is 1. The van der Waals surface area contributed by atoms with Gasteiger partial charge in [-0.25, -0.2) is 18.0 Å². The van der Waals surface area contributed by atoms with Gasteiger partial charge in [-0.2, -0.15) is 0 Å². The lowest BCUT2D eigenvalue weighted by molar-refractivity contribution is -0.119. The number of benzene rings is 2. The summed E-state index contributed by atoms with van der Waals surface area (Å²) in [5.41, 5.74) is -0.618. The van der Waals surface area contributed by atoms with Crippen molar-refractivity contribution in [3.05, 3.63) is 63.9 Å². The molecule has 0 atom stereocenters. The van der Waals surface area contributed by atoms with Gasteiger partial charge in [-0.1, -0.05) is 6.07 Å². The van der Waals surface area contributed by atoms with Crippen molar-refractivity contribution < 1.29 is 27.5 Å². The molecule has 0 aliphatic heterocycles. The van der Waals surface area contributed by atoms with E-state index in [-0.39, 0.29) is 10.0 Å². The molecule has 2 aromatic rings. The second kappa shape index (κ2) is 7.28. The summed E-state index contributed by atoms with van der Waals surface area (Å²) >= 11 is 2.99. The Balaban J connectivity index is 1.98. The number of anilines is 1. The third-order valence-electron chi connectivity index (χ3n) is 2.71. The standard InChI is InChI=1S/C15H9BrF3NO3/c16-10-6-8(17)4-5-9(10)15(22)23-7-13(21)20-14-11(18)2-1-3-12(14)19/h1-6H,7H2,(H,20,21). The van der Waals surface area contributed by atoms with Crippen LogP contribution in [0.25, 0.3) is 0 Å². The molecule has 2 rings (SSSR count). The Morgan fingerprint density at radius 2 is 1.74 bits per heavy atom. The van der Waals surface area contributed by atoms with Crippen molar-refractivity contribution in [3.8, 4) is 0 Å². The van der Waals surface area contributed by atoms with Gasteiger partial charge in [-0.3, -0.25) is 4.79 Å². The summed E-state index contributed by atoms with van der Waals surface area (Å²) in [6.45, 7) is -0.754. The number of hydrogen-bond donors (Lipinski definition) is 1. The van der Waals surface area contributed by atoms with Gasteiger partial charge in [0, 0.05) is 4.47 Å². The Morgan fingerprint density at radius 3 is 2.35 bits per heavy atom. The molecule has 0 saturated heterocycles. The highest BCUT2D eigenvalue weighted by Crippen LogP contribution is 2.20. The van der Waals surface area contributed by atoms with Gasteiger partial charge in [0.2, 0.25) is 0 Å². The molecule has 2 aromatic carbocycles. The van der Waals surface area contributed by atoms with E-state index in [1.54, 1.807) is 0 Å². The van der Waals surface area contributed by atoms with Crippen molar-refractivity contribution in [3.63, 3.8) is 0 Å². The lowest BCUT2D eigenvalue weighted by atomic mass is 10.2. The number of carbonyl (C=O) groups excluding carboxylic acids is 2. The quantitative estimate of drug-likeness (QED) is 0.814. The van der Waals surface area contributed by atoms with Gasteiger partial charge in [0.05, 0.1) is 5.56 Å². The first kappa shape index (κ1) is 17.0. The predicted molar refractivity (Wildman–Crippen MR) is 79.4 cm³/mol. The Labute approximate surface area is 137 Å². The molecule has 120 valence electrons. The smallest absolute Gasteiger partial charge is 0.339 e. The van der Waals surface area contributed by atoms with Crippen LogP contribution >= 0.6 is 15.9 Å². The van der Waals surface area contributed by atoms with Crippen LogP contribution in [-0.2, 0) is 9.53 Å². The molecule has 1 amide bonds. The zero-order valence-electron chi connectivity index (χ0n) is 11.4. The van der Waals surface area contributed by atoms with Gasteiger partial charge in [-0.05, 0) is 46.3 Å². The first-order chi connectivity index (χ1) is 10.9. The summed E-state index contributed by atoms with van der Waals surface area (Å²) in [5, 5.41) is 1.97. The van der Waals surface area contributed by atoms with E-state index in [0.717, 1.165) is 30.3 Å². The zero-order chi connectivity index (χ0) is 17.0. The summed E-state index contributed by atoms with van der Waals surface area (Å²) in [4.78, 5) is 23.4. The maximum absolute atomic E-state index is 13.4. The van der Waals surface area contributed by atoms with Crippen LogP contribution < -0.4 is 5.32 Å². The Bertz CT molecular complexity index is 747. The number of halogens is 4. The molecular weight excluding hydrogens is 379 g/mol. The fraction of sp³-hybridized carbons (Fsp3) is 0.0667. The zero-order valence-corrected chi connectivity index (χ0v) is 13.0. The summed E-state index contributed by atoms with van der Waals surface area (Å²) in [5.74, 6) is -4.26. The SMILES string of the molecule is O=C(COC(=O)c1ccc(F)cc1Br)Nc1c(F)cccc1F. The van der Waals surface area contributed by atoms with Crippen LogP contribution in [0.2, 0.25) is 0 Å². The highest BCUT2D eigenvalue weighted by molar-refractivity contribution is 9.10. The first-order valence-electron chi connectivity index (χ1n) is 6.24. The molecule has 0 aliphatic carbocycles. The molecule has 0 saturated carbocycles. The average molecular weight is 388 g/mol. The normalized spacial score (nSPS) is 10.3. The number of nitrogens with one attached hydrogen (secondary N) is 1. The van der Waals surface area contributed by atoms with Gasteiger partial charge in [0.15, 0.2) is 6.61 Å². The summed E-state index contributed by atoms with van der Waals surface area (Å²) in [6, 6.07) is 6.38. The molecule has 0 radical (unpaired) electrons. The van der Waals surface area contributed by atoms with Crippen LogP contribution in [0.15, 0.2) is 40.9 Å². The van der Waals surface area contributed by atoms with Crippen molar-refractivity contribution in [2.75, 3.05) is 11.9 Å². The number of esters is 1. The van der Waals surface area contributed by atoms with Gasteiger partial charge in [-0.15, -0.1) is 0 Å². The van der Waals surface area contributed by atoms with Crippen LogP contribution in [0.1, 0.15) is 10.4 Å².